The van der Waals surface area contributed by atoms with E-state index in [0.717, 1.165) is 44.6 Å². The van der Waals surface area contributed by atoms with E-state index in [1.807, 2.05) is 0 Å². The van der Waals surface area contributed by atoms with Gasteiger partial charge in [0.05, 0.1) is 9.92 Å². The van der Waals surface area contributed by atoms with Crippen LogP contribution in [0.1, 0.15) is 12.8 Å². The van der Waals surface area contributed by atoms with E-state index in [0.29, 0.717) is 29.7 Å². The number of piperidine rings is 1. The SMILES string of the molecule is O=S(=O)(NCC1CCN(CC2COc3ccc(Cl)cc3O2)CC1)c1ccc(F)c(Cl)c1. The van der Waals surface area contributed by atoms with E-state index in [1.54, 1.807) is 18.2 Å². The number of hydrogen-bond donors (Lipinski definition) is 1. The van der Waals surface area contributed by atoms with Crippen molar-refractivity contribution in [3.05, 3.63) is 52.3 Å². The fourth-order valence-electron chi connectivity index (χ4n) is 3.80. The Morgan fingerprint density at radius 1 is 1.10 bits per heavy atom. The van der Waals surface area contributed by atoms with Gasteiger partial charge in [0, 0.05) is 24.2 Å². The highest BCUT2D eigenvalue weighted by Gasteiger charge is 2.27. The number of fused-ring (bicyclic) bond motifs is 1. The van der Waals surface area contributed by atoms with Crippen LogP contribution >= 0.6 is 23.2 Å². The van der Waals surface area contributed by atoms with Crippen LogP contribution < -0.4 is 14.2 Å². The van der Waals surface area contributed by atoms with Gasteiger partial charge in [-0.25, -0.2) is 17.5 Å². The predicted molar refractivity (Wildman–Crippen MR) is 117 cm³/mol. The molecule has 0 amide bonds. The Hall–Kier alpha value is -1.58. The molecule has 0 saturated carbocycles. The maximum atomic E-state index is 13.3. The average molecular weight is 489 g/mol. The Bertz CT molecular complexity index is 1050. The van der Waals surface area contributed by atoms with Crippen molar-refractivity contribution in [3.8, 4) is 11.5 Å². The molecule has 6 nitrogen and oxygen atoms in total. The van der Waals surface area contributed by atoms with Gasteiger partial charge in [-0.05, 0) is 62.2 Å². The van der Waals surface area contributed by atoms with Crippen molar-refractivity contribution in [2.75, 3.05) is 32.8 Å². The molecule has 1 fully saturated rings. The van der Waals surface area contributed by atoms with E-state index in [2.05, 4.69) is 9.62 Å². The summed E-state index contributed by atoms with van der Waals surface area (Å²) in [6, 6.07) is 8.73. The standard InChI is InChI=1S/C21H23Cl2FN2O4S/c22-15-1-4-20-21(9-15)30-16(13-29-20)12-26-7-5-14(6-8-26)11-25-31(27,28)17-2-3-19(24)18(23)10-17/h1-4,9-10,14,16,25H,5-8,11-13H2. The van der Waals surface area contributed by atoms with Gasteiger partial charge in [0.25, 0.3) is 0 Å². The zero-order valence-electron chi connectivity index (χ0n) is 16.7. The van der Waals surface area contributed by atoms with Crippen LogP contribution in [-0.4, -0.2) is 52.2 Å². The summed E-state index contributed by atoms with van der Waals surface area (Å²) in [7, 11) is -3.73. The van der Waals surface area contributed by atoms with Gasteiger partial charge in [-0.1, -0.05) is 23.2 Å². The summed E-state index contributed by atoms with van der Waals surface area (Å²) in [5.41, 5.74) is 0. The topological polar surface area (TPSA) is 67.9 Å². The van der Waals surface area contributed by atoms with E-state index in [9.17, 15) is 12.8 Å². The van der Waals surface area contributed by atoms with Crippen LogP contribution in [0.25, 0.3) is 0 Å². The molecule has 2 aromatic rings. The Kier molecular flexibility index (Phi) is 6.93. The lowest BCUT2D eigenvalue weighted by Crippen LogP contribution is -2.45. The highest BCUT2D eigenvalue weighted by molar-refractivity contribution is 7.89. The van der Waals surface area contributed by atoms with Gasteiger partial charge in [-0.15, -0.1) is 0 Å². The van der Waals surface area contributed by atoms with Gasteiger partial charge >= 0.3 is 0 Å². The number of nitrogens with zero attached hydrogens (tertiary/aromatic N) is 1. The summed E-state index contributed by atoms with van der Waals surface area (Å²) in [6.07, 6.45) is 1.65. The highest BCUT2D eigenvalue weighted by Crippen LogP contribution is 2.34. The fraction of sp³-hybridized carbons (Fsp3) is 0.429. The minimum absolute atomic E-state index is 0.0360. The van der Waals surface area contributed by atoms with Crippen LogP contribution in [0.4, 0.5) is 4.39 Å². The zero-order valence-corrected chi connectivity index (χ0v) is 19.0. The van der Waals surface area contributed by atoms with Crippen LogP contribution in [0, 0.1) is 11.7 Å². The number of nitrogens with one attached hydrogen (secondary N) is 1. The molecule has 1 saturated heterocycles. The van der Waals surface area contributed by atoms with Gasteiger partial charge in [0.1, 0.15) is 18.5 Å². The minimum atomic E-state index is -3.73. The lowest BCUT2D eigenvalue weighted by molar-refractivity contribution is 0.0481. The molecule has 1 atom stereocenters. The second kappa shape index (κ2) is 9.50. The monoisotopic (exact) mass is 488 g/mol. The van der Waals surface area contributed by atoms with Gasteiger partial charge in [-0.2, -0.15) is 0 Å². The first-order chi connectivity index (χ1) is 14.8. The summed E-state index contributed by atoms with van der Waals surface area (Å²) in [4.78, 5) is 2.26. The van der Waals surface area contributed by atoms with Crippen LogP contribution in [0.5, 0.6) is 11.5 Å². The van der Waals surface area contributed by atoms with Gasteiger partial charge < -0.3 is 9.47 Å². The summed E-state index contributed by atoms with van der Waals surface area (Å²) in [5.74, 6) is 0.944. The molecule has 0 spiro atoms. The molecule has 1 unspecified atom stereocenters. The Morgan fingerprint density at radius 3 is 2.61 bits per heavy atom. The summed E-state index contributed by atoms with van der Waals surface area (Å²) in [6.45, 7) is 3.24. The average Bonchev–Trinajstić information content (AvgIpc) is 2.75. The lowest BCUT2D eigenvalue weighted by Gasteiger charge is -2.35. The minimum Gasteiger partial charge on any atom is -0.486 e. The van der Waals surface area contributed by atoms with E-state index < -0.39 is 15.8 Å². The molecule has 4 rings (SSSR count). The van der Waals surface area contributed by atoms with Crippen molar-refractivity contribution >= 4 is 33.2 Å². The Morgan fingerprint density at radius 2 is 1.87 bits per heavy atom. The van der Waals surface area contributed by atoms with Crippen molar-refractivity contribution < 1.29 is 22.3 Å². The van der Waals surface area contributed by atoms with E-state index >= 15 is 0 Å². The third-order valence-electron chi connectivity index (χ3n) is 5.56. The maximum Gasteiger partial charge on any atom is 0.240 e. The smallest absolute Gasteiger partial charge is 0.240 e. The zero-order chi connectivity index (χ0) is 22.0. The summed E-state index contributed by atoms with van der Waals surface area (Å²) >= 11 is 11.7. The number of rotatable bonds is 6. The first-order valence-corrected chi connectivity index (χ1v) is 12.3. The molecule has 2 heterocycles. The normalized spacial score (nSPS) is 20.0. The number of benzene rings is 2. The molecule has 2 aromatic carbocycles. The number of likely N-dealkylation sites (tertiary alicyclic amines) is 1. The number of halogens is 3. The first-order valence-electron chi connectivity index (χ1n) is 10.1. The lowest BCUT2D eigenvalue weighted by atomic mass is 9.97. The molecule has 1 N–H and O–H groups in total. The number of ether oxygens (including phenoxy) is 2. The molecule has 2 aliphatic heterocycles. The van der Waals surface area contributed by atoms with E-state index in [1.165, 1.54) is 6.07 Å². The molecule has 0 aliphatic carbocycles. The van der Waals surface area contributed by atoms with Crippen molar-refractivity contribution in [1.29, 1.82) is 0 Å². The second-order valence-electron chi connectivity index (χ2n) is 7.81. The van der Waals surface area contributed by atoms with E-state index in [4.69, 9.17) is 32.7 Å². The molecular weight excluding hydrogens is 466 g/mol. The predicted octanol–water partition coefficient (Wildman–Crippen LogP) is 3.96. The van der Waals surface area contributed by atoms with Crippen molar-refractivity contribution in [3.63, 3.8) is 0 Å². The third kappa shape index (κ3) is 5.62. The quantitative estimate of drug-likeness (QED) is 0.666. The molecule has 168 valence electrons. The van der Waals surface area contributed by atoms with Crippen molar-refractivity contribution in [2.45, 2.75) is 23.8 Å². The van der Waals surface area contributed by atoms with Crippen molar-refractivity contribution in [1.82, 2.24) is 9.62 Å². The molecule has 0 bridgehead atoms. The fourth-order valence-corrected chi connectivity index (χ4v) is 5.34. The van der Waals surface area contributed by atoms with Gasteiger partial charge in [-0.3, -0.25) is 4.90 Å². The van der Waals surface area contributed by atoms with Crippen LogP contribution in [0.15, 0.2) is 41.3 Å². The Balaban J connectivity index is 1.24. The number of hydrogen-bond acceptors (Lipinski definition) is 5. The van der Waals surface area contributed by atoms with Gasteiger partial charge in [0.15, 0.2) is 11.5 Å². The molecule has 31 heavy (non-hydrogen) atoms. The third-order valence-corrected chi connectivity index (χ3v) is 7.50. The van der Waals surface area contributed by atoms with Crippen LogP contribution in [-0.2, 0) is 10.0 Å². The highest BCUT2D eigenvalue weighted by atomic mass is 35.5. The Labute approximate surface area is 191 Å². The molecule has 10 heteroatoms. The molecular formula is C21H23Cl2FN2O4S. The van der Waals surface area contributed by atoms with Gasteiger partial charge in [0.2, 0.25) is 10.0 Å². The van der Waals surface area contributed by atoms with Crippen LogP contribution in [0.3, 0.4) is 0 Å². The molecule has 0 aromatic heterocycles. The summed E-state index contributed by atoms with van der Waals surface area (Å²) < 4.78 is 52.6. The molecule has 2 aliphatic rings. The van der Waals surface area contributed by atoms with E-state index in [-0.39, 0.29) is 21.9 Å². The molecule has 0 radical (unpaired) electrons. The maximum absolute atomic E-state index is 13.3. The van der Waals surface area contributed by atoms with Crippen LogP contribution in [0.2, 0.25) is 10.0 Å². The summed E-state index contributed by atoms with van der Waals surface area (Å²) in [5, 5.41) is 0.393. The number of sulfonamides is 1. The van der Waals surface area contributed by atoms with Crippen molar-refractivity contribution in [2.24, 2.45) is 5.92 Å². The largest absolute Gasteiger partial charge is 0.486 e. The first kappa shape index (κ1) is 22.6. The second-order valence-corrected chi connectivity index (χ2v) is 10.4.